The molecule has 104 valence electrons. The number of carbonyl (C=O) groups excluding carboxylic acids is 1. The molecule has 0 aliphatic rings. The van der Waals surface area contributed by atoms with Crippen molar-refractivity contribution in [3.05, 3.63) is 33.9 Å². The molecule has 0 saturated carbocycles. The monoisotopic (exact) mass is 266 g/mol. The maximum absolute atomic E-state index is 11.3. The first-order chi connectivity index (χ1) is 9.01. The maximum Gasteiger partial charge on any atom is 0.282 e. The Morgan fingerprint density at radius 2 is 2.16 bits per heavy atom. The molecule has 0 bridgehead atoms. The molecule has 1 N–H and O–H groups in total. The van der Waals surface area contributed by atoms with Gasteiger partial charge in [0.25, 0.3) is 5.69 Å². The zero-order valence-corrected chi connectivity index (χ0v) is 11.1. The van der Waals surface area contributed by atoms with E-state index in [2.05, 4.69) is 0 Å². The fourth-order valence-corrected chi connectivity index (χ4v) is 1.90. The SMILES string of the molecule is CCN(CCCO)c1ccc(C(C)=O)c([N+](=O)[O-])c1. The van der Waals surface area contributed by atoms with Gasteiger partial charge in [0.2, 0.25) is 0 Å². The second-order valence-corrected chi connectivity index (χ2v) is 4.17. The summed E-state index contributed by atoms with van der Waals surface area (Å²) in [5.41, 5.74) is 0.632. The van der Waals surface area contributed by atoms with Crippen LogP contribution in [0.2, 0.25) is 0 Å². The minimum absolute atomic E-state index is 0.0735. The van der Waals surface area contributed by atoms with Crippen molar-refractivity contribution in [2.45, 2.75) is 20.3 Å². The number of nitro benzene ring substituents is 1. The Bertz CT molecular complexity index is 474. The Kier molecular flexibility index (Phi) is 5.44. The molecule has 6 heteroatoms. The van der Waals surface area contributed by atoms with Crippen LogP contribution in [0.15, 0.2) is 18.2 Å². The van der Waals surface area contributed by atoms with Gasteiger partial charge in [0.15, 0.2) is 5.78 Å². The van der Waals surface area contributed by atoms with E-state index in [9.17, 15) is 14.9 Å². The Balaban J connectivity index is 3.13. The molecule has 1 aromatic carbocycles. The van der Waals surface area contributed by atoms with Gasteiger partial charge < -0.3 is 10.0 Å². The molecular formula is C13H18N2O4. The lowest BCUT2D eigenvalue weighted by Gasteiger charge is -2.22. The van der Waals surface area contributed by atoms with Gasteiger partial charge in [-0.1, -0.05) is 0 Å². The van der Waals surface area contributed by atoms with Crippen LogP contribution in [0.4, 0.5) is 11.4 Å². The van der Waals surface area contributed by atoms with Crippen molar-refractivity contribution in [3.63, 3.8) is 0 Å². The van der Waals surface area contributed by atoms with Gasteiger partial charge in [-0.05, 0) is 32.4 Å². The summed E-state index contributed by atoms with van der Waals surface area (Å²) in [6, 6.07) is 4.60. The van der Waals surface area contributed by atoms with E-state index in [1.54, 1.807) is 6.07 Å². The number of nitrogens with zero attached hydrogens (tertiary/aromatic N) is 2. The fraction of sp³-hybridized carbons (Fsp3) is 0.462. The highest BCUT2D eigenvalue weighted by Gasteiger charge is 2.19. The number of Topliss-reactive ketones (excluding diaryl/α,β-unsaturated/α-hetero) is 1. The Labute approximate surface area is 111 Å². The lowest BCUT2D eigenvalue weighted by molar-refractivity contribution is -0.385. The van der Waals surface area contributed by atoms with Crippen LogP contribution in [0.1, 0.15) is 30.6 Å². The first-order valence-corrected chi connectivity index (χ1v) is 6.16. The minimum Gasteiger partial charge on any atom is -0.396 e. The predicted molar refractivity (Wildman–Crippen MR) is 72.7 cm³/mol. The first kappa shape index (κ1) is 15.1. The van der Waals surface area contributed by atoms with Crippen molar-refractivity contribution >= 4 is 17.2 Å². The van der Waals surface area contributed by atoms with Crippen LogP contribution in [-0.2, 0) is 0 Å². The molecular weight excluding hydrogens is 248 g/mol. The zero-order chi connectivity index (χ0) is 14.4. The van der Waals surface area contributed by atoms with Gasteiger partial charge in [0, 0.05) is 31.5 Å². The number of aliphatic hydroxyl groups is 1. The molecule has 0 heterocycles. The van der Waals surface area contributed by atoms with Crippen molar-refractivity contribution in [2.24, 2.45) is 0 Å². The van der Waals surface area contributed by atoms with E-state index >= 15 is 0 Å². The number of ketones is 1. The second kappa shape index (κ2) is 6.84. The van der Waals surface area contributed by atoms with E-state index in [-0.39, 0.29) is 23.6 Å². The first-order valence-electron chi connectivity index (χ1n) is 6.16. The average molecular weight is 266 g/mol. The minimum atomic E-state index is -0.542. The van der Waals surface area contributed by atoms with Gasteiger partial charge in [0.1, 0.15) is 0 Å². The van der Waals surface area contributed by atoms with Gasteiger partial charge in [-0.3, -0.25) is 14.9 Å². The molecule has 0 saturated heterocycles. The summed E-state index contributed by atoms with van der Waals surface area (Å²) in [4.78, 5) is 23.7. The number of benzene rings is 1. The van der Waals surface area contributed by atoms with Crippen molar-refractivity contribution in [1.29, 1.82) is 0 Å². The molecule has 0 unspecified atom stereocenters. The number of aliphatic hydroxyl groups excluding tert-OH is 1. The third kappa shape index (κ3) is 3.75. The summed E-state index contributed by atoms with van der Waals surface area (Å²) in [6.07, 6.45) is 0.593. The Hall–Kier alpha value is -1.95. The summed E-state index contributed by atoms with van der Waals surface area (Å²) >= 11 is 0. The molecule has 0 amide bonds. The molecule has 0 spiro atoms. The molecule has 0 aliphatic carbocycles. The van der Waals surface area contributed by atoms with Crippen LogP contribution in [-0.4, -0.2) is 35.5 Å². The molecule has 0 aromatic heterocycles. The number of hydrogen-bond acceptors (Lipinski definition) is 5. The summed E-state index contributed by atoms with van der Waals surface area (Å²) in [5, 5.41) is 19.8. The van der Waals surface area contributed by atoms with Crippen LogP contribution in [0.25, 0.3) is 0 Å². The predicted octanol–water partition coefficient (Wildman–Crippen LogP) is 2.01. The van der Waals surface area contributed by atoms with Crippen LogP contribution in [0.3, 0.4) is 0 Å². The smallest absolute Gasteiger partial charge is 0.282 e. The van der Waals surface area contributed by atoms with Crippen molar-refractivity contribution in [3.8, 4) is 0 Å². The van der Waals surface area contributed by atoms with Gasteiger partial charge in [-0.15, -0.1) is 0 Å². The number of rotatable bonds is 7. The van der Waals surface area contributed by atoms with E-state index in [0.29, 0.717) is 25.2 Å². The number of hydrogen-bond donors (Lipinski definition) is 1. The average Bonchev–Trinajstić information content (AvgIpc) is 2.39. The molecule has 0 fully saturated rings. The van der Waals surface area contributed by atoms with E-state index in [0.717, 1.165) is 0 Å². The van der Waals surface area contributed by atoms with Gasteiger partial charge in [-0.25, -0.2) is 0 Å². The summed E-state index contributed by atoms with van der Waals surface area (Å²) in [6.45, 7) is 4.61. The standard InChI is InChI=1S/C13H18N2O4/c1-3-14(7-4-8-16)11-5-6-12(10(2)17)13(9-11)15(18)19/h5-6,9,16H,3-4,7-8H2,1-2H3. The highest BCUT2D eigenvalue weighted by Crippen LogP contribution is 2.26. The number of nitro groups is 1. The fourth-order valence-electron chi connectivity index (χ4n) is 1.90. The van der Waals surface area contributed by atoms with E-state index < -0.39 is 4.92 Å². The third-order valence-corrected chi connectivity index (χ3v) is 2.89. The summed E-state index contributed by atoms with van der Waals surface area (Å²) in [5.74, 6) is -0.323. The molecule has 1 aromatic rings. The normalized spacial score (nSPS) is 10.3. The molecule has 0 atom stereocenters. The molecule has 1 rings (SSSR count). The quantitative estimate of drug-likeness (QED) is 0.463. The van der Waals surface area contributed by atoms with Crippen LogP contribution < -0.4 is 4.90 Å². The summed E-state index contributed by atoms with van der Waals surface area (Å²) < 4.78 is 0. The van der Waals surface area contributed by atoms with E-state index in [1.807, 2.05) is 11.8 Å². The lowest BCUT2D eigenvalue weighted by atomic mass is 10.1. The van der Waals surface area contributed by atoms with Gasteiger partial charge in [0.05, 0.1) is 10.5 Å². The number of anilines is 1. The lowest BCUT2D eigenvalue weighted by Crippen LogP contribution is -2.24. The van der Waals surface area contributed by atoms with Gasteiger partial charge >= 0.3 is 0 Å². The molecule has 6 nitrogen and oxygen atoms in total. The Morgan fingerprint density at radius 3 is 2.63 bits per heavy atom. The van der Waals surface area contributed by atoms with Crippen LogP contribution in [0.5, 0.6) is 0 Å². The maximum atomic E-state index is 11.3. The molecule has 19 heavy (non-hydrogen) atoms. The van der Waals surface area contributed by atoms with E-state index in [4.69, 9.17) is 5.11 Å². The largest absolute Gasteiger partial charge is 0.396 e. The number of carbonyl (C=O) groups is 1. The van der Waals surface area contributed by atoms with E-state index in [1.165, 1.54) is 19.1 Å². The topological polar surface area (TPSA) is 83.7 Å². The molecule has 0 radical (unpaired) electrons. The highest BCUT2D eigenvalue weighted by atomic mass is 16.6. The highest BCUT2D eigenvalue weighted by molar-refractivity contribution is 5.98. The second-order valence-electron chi connectivity index (χ2n) is 4.17. The Morgan fingerprint density at radius 1 is 1.47 bits per heavy atom. The molecule has 0 aliphatic heterocycles. The summed E-state index contributed by atoms with van der Waals surface area (Å²) in [7, 11) is 0. The third-order valence-electron chi connectivity index (χ3n) is 2.89. The van der Waals surface area contributed by atoms with Gasteiger partial charge in [-0.2, -0.15) is 0 Å². The van der Waals surface area contributed by atoms with Crippen molar-refractivity contribution in [2.75, 3.05) is 24.6 Å². The zero-order valence-electron chi connectivity index (χ0n) is 11.1. The van der Waals surface area contributed by atoms with Crippen LogP contribution in [0, 0.1) is 10.1 Å². The van der Waals surface area contributed by atoms with Crippen molar-refractivity contribution < 1.29 is 14.8 Å². The van der Waals surface area contributed by atoms with Crippen molar-refractivity contribution in [1.82, 2.24) is 0 Å². The van der Waals surface area contributed by atoms with Crippen LogP contribution >= 0.6 is 0 Å².